The third-order valence-corrected chi connectivity index (χ3v) is 3.71. The summed E-state index contributed by atoms with van der Waals surface area (Å²) in [7, 11) is 1.92. The highest BCUT2D eigenvalue weighted by Gasteiger charge is 2.58. The van der Waals surface area contributed by atoms with Gasteiger partial charge in [-0.05, 0) is 19.9 Å². The molecular weight excluding hydrogens is 191 g/mol. The fourth-order valence-corrected chi connectivity index (χ4v) is 2.07. The first-order valence-corrected chi connectivity index (χ1v) is 5.22. The predicted octanol–water partition coefficient (Wildman–Crippen LogP) is 1.58. The first-order chi connectivity index (χ1) is 6.88. The van der Waals surface area contributed by atoms with E-state index in [0.29, 0.717) is 0 Å². The first kappa shape index (κ1) is 10.7. The largest absolute Gasteiger partial charge is 0.352 e. The van der Waals surface area contributed by atoms with Gasteiger partial charge in [-0.1, -0.05) is 13.7 Å². The van der Waals surface area contributed by atoms with Crippen molar-refractivity contribution < 1.29 is 9.69 Å². The number of aromatic nitrogens is 2. The van der Waals surface area contributed by atoms with E-state index in [9.17, 15) is 0 Å². The molecule has 2 rings (SSSR count). The Morgan fingerprint density at radius 1 is 1.40 bits per heavy atom. The van der Waals surface area contributed by atoms with E-state index in [1.165, 1.54) is 0 Å². The summed E-state index contributed by atoms with van der Waals surface area (Å²) in [5, 5.41) is 4.25. The Hall–Kier alpha value is -0.805. The van der Waals surface area contributed by atoms with E-state index in [-0.39, 0.29) is 17.8 Å². The van der Waals surface area contributed by atoms with E-state index in [4.69, 9.17) is 9.69 Å². The van der Waals surface area contributed by atoms with Crippen LogP contribution in [0.2, 0.25) is 6.82 Å². The lowest BCUT2D eigenvalue weighted by atomic mass is 9.42. The normalized spacial score (nSPS) is 29.8. The highest BCUT2D eigenvalue weighted by Crippen LogP contribution is 2.44. The van der Waals surface area contributed by atoms with E-state index < -0.39 is 0 Å². The molecule has 1 aromatic rings. The molecule has 1 aliphatic rings. The van der Waals surface area contributed by atoms with Gasteiger partial charge < -0.3 is 4.81 Å². The monoisotopic (exact) mass is 208 g/mol. The fourth-order valence-electron chi connectivity index (χ4n) is 2.07. The Morgan fingerprint density at radius 3 is 2.47 bits per heavy atom. The molecule has 0 aliphatic carbocycles. The third kappa shape index (κ3) is 1.34. The summed E-state index contributed by atoms with van der Waals surface area (Å²) < 4.78 is 1.81. The maximum Gasteiger partial charge on any atom is 0.352 e. The number of aryl methyl sites for hydroxylation is 1. The smallest absolute Gasteiger partial charge is 0.303 e. The molecule has 1 unspecified atom stereocenters. The standard InChI is InChI=1S/C10H17BN2O2/c1-9(2)10(3,11(4)15-14-9)8-6-7-13(5)12-8/h6-7H,1-5H3. The van der Waals surface area contributed by atoms with Crippen molar-refractivity contribution in [3.63, 3.8) is 0 Å². The molecule has 0 radical (unpaired) electrons. The Kier molecular flexibility index (Phi) is 2.21. The van der Waals surface area contributed by atoms with Gasteiger partial charge in [0.25, 0.3) is 0 Å². The zero-order chi connectivity index (χ0) is 11.3. The van der Waals surface area contributed by atoms with E-state index >= 15 is 0 Å². The van der Waals surface area contributed by atoms with Crippen LogP contribution in [0.1, 0.15) is 26.5 Å². The molecule has 1 atom stereocenters. The van der Waals surface area contributed by atoms with Crippen molar-refractivity contribution in [1.29, 1.82) is 0 Å². The van der Waals surface area contributed by atoms with Crippen molar-refractivity contribution >= 4 is 6.92 Å². The Labute approximate surface area is 90.6 Å². The maximum absolute atomic E-state index is 5.38. The van der Waals surface area contributed by atoms with Crippen LogP contribution in [0.5, 0.6) is 0 Å². The molecule has 0 N–H and O–H groups in total. The van der Waals surface area contributed by atoms with Crippen molar-refractivity contribution in [3.05, 3.63) is 18.0 Å². The van der Waals surface area contributed by atoms with Gasteiger partial charge in [-0.25, -0.2) is 4.89 Å². The average molecular weight is 208 g/mol. The lowest BCUT2D eigenvalue weighted by Gasteiger charge is -2.33. The number of nitrogens with zero attached hydrogens (tertiary/aromatic N) is 2. The molecule has 0 saturated carbocycles. The SMILES string of the molecule is CB1OOC(C)(C)C1(C)c1ccn(C)n1. The minimum Gasteiger partial charge on any atom is -0.303 e. The topological polar surface area (TPSA) is 36.3 Å². The van der Waals surface area contributed by atoms with Crippen LogP contribution in [0.3, 0.4) is 0 Å². The second kappa shape index (κ2) is 3.09. The minimum absolute atomic E-state index is 0.00222. The molecule has 0 aromatic carbocycles. The van der Waals surface area contributed by atoms with Crippen molar-refractivity contribution in [1.82, 2.24) is 9.78 Å². The molecule has 82 valence electrons. The van der Waals surface area contributed by atoms with E-state index in [1.807, 2.05) is 44.7 Å². The molecule has 5 heteroatoms. The van der Waals surface area contributed by atoms with Gasteiger partial charge >= 0.3 is 6.92 Å². The summed E-state index contributed by atoms with van der Waals surface area (Å²) in [5.41, 5.74) is 0.654. The second-order valence-electron chi connectivity index (χ2n) is 4.91. The van der Waals surface area contributed by atoms with Crippen molar-refractivity contribution in [2.75, 3.05) is 0 Å². The summed E-state index contributed by atoms with van der Waals surface area (Å²) >= 11 is 0. The highest BCUT2D eigenvalue weighted by molar-refractivity contribution is 6.54. The molecule has 1 fully saturated rings. The van der Waals surface area contributed by atoms with Gasteiger partial charge in [0, 0.05) is 13.2 Å². The van der Waals surface area contributed by atoms with Crippen molar-refractivity contribution in [2.45, 2.75) is 38.5 Å². The molecule has 4 nitrogen and oxygen atoms in total. The number of hydrogen-bond donors (Lipinski definition) is 0. The van der Waals surface area contributed by atoms with Gasteiger partial charge in [0.05, 0.1) is 11.0 Å². The Balaban J connectivity index is 2.48. The molecule has 0 amide bonds. The zero-order valence-electron chi connectivity index (χ0n) is 9.94. The van der Waals surface area contributed by atoms with Gasteiger partial charge in [-0.2, -0.15) is 5.10 Å². The van der Waals surface area contributed by atoms with Gasteiger partial charge in [-0.15, -0.1) is 0 Å². The second-order valence-corrected chi connectivity index (χ2v) is 4.91. The van der Waals surface area contributed by atoms with Gasteiger partial charge in [-0.3, -0.25) is 4.68 Å². The lowest BCUT2D eigenvalue weighted by molar-refractivity contribution is -0.263. The summed E-state index contributed by atoms with van der Waals surface area (Å²) in [4.78, 5) is 10.7. The van der Waals surface area contributed by atoms with E-state index in [2.05, 4.69) is 12.0 Å². The van der Waals surface area contributed by atoms with Crippen LogP contribution >= 0.6 is 0 Å². The van der Waals surface area contributed by atoms with Crippen LogP contribution in [0, 0.1) is 0 Å². The molecule has 2 heterocycles. The predicted molar refractivity (Wildman–Crippen MR) is 58.4 cm³/mol. The quantitative estimate of drug-likeness (QED) is 0.519. The highest BCUT2D eigenvalue weighted by atomic mass is 17.2. The van der Waals surface area contributed by atoms with Crippen LogP contribution in [-0.4, -0.2) is 22.3 Å². The van der Waals surface area contributed by atoms with E-state index in [0.717, 1.165) is 5.69 Å². The van der Waals surface area contributed by atoms with Crippen LogP contribution in [-0.2, 0) is 22.1 Å². The van der Waals surface area contributed by atoms with Crippen molar-refractivity contribution in [2.24, 2.45) is 7.05 Å². The van der Waals surface area contributed by atoms with Crippen LogP contribution < -0.4 is 0 Å². The summed E-state index contributed by atoms with van der Waals surface area (Å²) in [6.07, 6.45) is 1.95. The Morgan fingerprint density at radius 2 is 2.07 bits per heavy atom. The van der Waals surface area contributed by atoms with Gasteiger partial charge in [0.2, 0.25) is 0 Å². The number of hydrogen-bond acceptors (Lipinski definition) is 3. The summed E-state index contributed by atoms with van der Waals surface area (Å²) in [5.74, 6) is 0. The molecule has 15 heavy (non-hydrogen) atoms. The van der Waals surface area contributed by atoms with Crippen LogP contribution in [0.15, 0.2) is 12.3 Å². The summed E-state index contributed by atoms with van der Waals surface area (Å²) in [6.45, 7) is 8.22. The molecule has 0 bridgehead atoms. The van der Waals surface area contributed by atoms with E-state index in [1.54, 1.807) is 0 Å². The average Bonchev–Trinajstić information content (AvgIpc) is 2.66. The van der Waals surface area contributed by atoms with Gasteiger partial charge in [0.15, 0.2) is 0 Å². The van der Waals surface area contributed by atoms with Crippen LogP contribution in [0.25, 0.3) is 0 Å². The molecule has 0 spiro atoms. The zero-order valence-corrected chi connectivity index (χ0v) is 9.94. The minimum atomic E-state index is -0.360. The lowest BCUT2D eigenvalue weighted by Crippen LogP contribution is -2.49. The fraction of sp³-hybridized carbons (Fsp3) is 0.700. The first-order valence-electron chi connectivity index (χ1n) is 5.22. The maximum atomic E-state index is 5.38. The summed E-state index contributed by atoms with van der Waals surface area (Å²) in [6, 6.07) is 2.02. The van der Waals surface area contributed by atoms with Crippen LogP contribution in [0.4, 0.5) is 0 Å². The third-order valence-electron chi connectivity index (χ3n) is 3.71. The molecule has 1 aliphatic heterocycles. The van der Waals surface area contributed by atoms with Gasteiger partial charge in [0.1, 0.15) is 5.60 Å². The number of rotatable bonds is 1. The van der Waals surface area contributed by atoms with Crippen molar-refractivity contribution in [3.8, 4) is 0 Å². The molecule has 1 aromatic heterocycles. The molecule has 1 saturated heterocycles. The molecular formula is C10H17BN2O2. The Bertz CT molecular complexity index is 377.